The van der Waals surface area contributed by atoms with Gasteiger partial charge in [0.05, 0.1) is 11.6 Å². The molecular formula is C15H17BrN2OS. The van der Waals surface area contributed by atoms with Crippen molar-refractivity contribution < 1.29 is 4.74 Å². The first kappa shape index (κ1) is 14.0. The number of hydrogen-bond donors (Lipinski definition) is 1. The first-order valence-corrected chi connectivity index (χ1v) is 8.40. The van der Waals surface area contributed by atoms with Gasteiger partial charge in [-0.1, -0.05) is 15.9 Å². The molecule has 0 spiro atoms. The molecule has 0 aliphatic carbocycles. The van der Waals surface area contributed by atoms with Gasteiger partial charge in [-0.2, -0.15) is 0 Å². The minimum absolute atomic E-state index is 0.0724. The summed E-state index contributed by atoms with van der Waals surface area (Å²) in [6, 6.07) is 4.33. The maximum absolute atomic E-state index is 6.29. The van der Waals surface area contributed by atoms with E-state index in [2.05, 4.69) is 38.4 Å². The third kappa shape index (κ3) is 3.05. The fraction of sp³-hybridized carbons (Fsp3) is 0.400. The second-order valence-corrected chi connectivity index (χ2v) is 7.06. The van der Waals surface area contributed by atoms with Crippen molar-refractivity contribution in [2.45, 2.75) is 32.2 Å². The van der Waals surface area contributed by atoms with Crippen molar-refractivity contribution in [3.63, 3.8) is 0 Å². The van der Waals surface area contributed by atoms with Crippen LogP contribution >= 0.6 is 27.3 Å². The van der Waals surface area contributed by atoms with E-state index in [1.165, 1.54) is 11.1 Å². The van der Waals surface area contributed by atoms with E-state index in [-0.39, 0.29) is 6.04 Å². The summed E-state index contributed by atoms with van der Waals surface area (Å²) in [5, 5.41) is 3.18. The molecule has 20 heavy (non-hydrogen) atoms. The fourth-order valence-corrected chi connectivity index (χ4v) is 3.99. The number of rotatable bonds is 4. The van der Waals surface area contributed by atoms with Crippen LogP contribution in [0.1, 0.15) is 21.8 Å². The minimum Gasteiger partial charge on any atom is -0.493 e. The summed E-state index contributed by atoms with van der Waals surface area (Å²) in [4.78, 5) is 4.48. The highest BCUT2D eigenvalue weighted by Crippen LogP contribution is 2.33. The average molecular weight is 353 g/mol. The summed E-state index contributed by atoms with van der Waals surface area (Å²) >= 11 is 5.25. The third-order valence-corrected chi connectivity index (χ3v) is 4.86. The van der Waals surface area contributed by atoms with E-state index in [9.17, 15) is 0 Å². The van der Waals surface area contributed by atoms with E-state index in [0.29, 0.717) is 0 Å². The first-order valence-electron chi connectivity index (χ1n) is 6.72. The van der Waals surface area contributed by atoms with Crippen LogP contribution in [0, 0.1) is 6.92 Å². The molecular weight excluding hydrogens is 336 g/mol. The monoisotopic (exact) mass is 352 g/mol. The molecule has 0 saturated heterocycles. The highest BCUT2D eigenvalue weighted by molar-refractivity contribution is 9.10. The fourth-order valence-electron chi connectivity index (χ4n) is 2.57. The lowest BCUT2D eigenvalue weighted by Crippen LogP contribution is -2.25. The number of ether oxygens (including phenoxy) is 1. The molecule has 1 aromatic heterocycles. The molecule has 3 nitrogen and oxygen atoms in total. The van der Waals surface area contributed by atoms with E-state index in [4.69, 9.17) is 10.5 Å². The van der Waals surface area contributed by atoms with Crippen molar-refractivity contribution in [2.24, 2.45) is 5.73 Å². The van der Waals surface area contributed by atoms with Crippen LogP contribution in [0.25, 0.3) is 0 Å². The Morgan fingerprint density at radius 1 is 1.45 bits per heavy atom. The lowest BCUT2D eigenvalue weighted by molar-refractivity contribution is 0.352. The van der Waals surface area contributed by atoms with Crippen LogP contribution in [-0.4, -0.2) is 17.6 Å². The van der Waals surface area contributed by atoms with Gasteiger partial charge in [-0.25, -0.2) is 4.98 Å². The van der Waals surface area contributed by atoms with Crippen LogP contribution in [0.2, 0.25) is 0 Å². The highest BCUT2D eigenvalue weighted by Gasteiger charge is 2.19. The van der Waals surface area contributed by atoms with Crippen molar-refractivity contribution in [1.29, 1.82) is 0 Å². The molecule has 1 unspecified atom stereocenters. The van der Waals surface area contributed by atoms with Crippen LogP contribution in [0.5, 0.6) is 5.75 Å². The van der Waals surface area contributed by atoms with Crippen molar-refractivity contribution >= 4 is 27.3 Å². The second kappa shape index (κ2) is 5.84. The van der Waals surface area contributed by atoms with Crippen LogP contribution in [-0.2, 0) is 19.3 Å². The van der Waals surface area contributed by atoms with Gasteiger partial charge < -0.3 is 10.5 Å². The topological polar surface area (TPSA) is 48.1 Å². The molecule has 0 radical (unpaired) electrons. The normalized spacial score (nSPS) is 14.9. The van der Waals surface area contributed by atoms with E-state index in [0.717, 1.165) is 46.8 Å². The Morgan fingerprint density at radius 3 is 3.05 bits per heavy atom. The Balaban J connectivity index is 1.74. The molecule has 1 aromatic carbocycles. The molecule has 2 N–H and O–H groups in total. The molecule has 5 heteroatoms. The summed E-state index contributed by atoms with van der Waals surface area (Å²) in [5.74, 6) is 1.04. The van der Waals surface area contributed by atoms with Crippen LogP contribution in [0.4, 0.5) is 0 Å². The van der Waals surface area contributed by atoms with Crippen LogP contribution in [0.3, 0.4) is 0 Å². The molecule has 0 amide bonds. The summed E-state index contributed by atoms with van der Waals surface area (Å²) in [6.45, 7) is 2.79. The van der Waals surface area contributed by atoms with E-state index in [1.54, 1.807) is 11.3 Å². The largest absolute Gasteiger partial charge is 0.493 e. The number of aryl methyl sites for hydroxylation is 1. The standard InChI is InChI=1S/C15H17BrN2OS/c1-9-8-20-14(18-9)7-13(17)6-11-5-12(16)4-10-2-3-19-15(10)11/h4-5,8,13H,2-3,6-7,17H2,1H3. The van der Waals surface area contributed by atoms with Gasteiger partial charge >= 0.3 is 0 Å². The van der Waals surface area contributed by atoms with Gasteiger partial charge in [0.1, 0.15) is 5.75 Å². The Morgan fingerprint density at radius 2 is 2.30 bits per heavy atom. The number of nitrogens with two attached hydrogens (primary N) is 1. The average Bonchev–Trinajstić information content (AvgIpc) is 2.98. The van der Waals surface area contributed by atoms with Crippen molar-refractivity contribution in [3.05, 3.63) is 43.8 Å². The summed E-state index contributed by atoms with van der Waals surface area (Å²) in [5.41, 5.74) is 9.85. The lowest BCUT2D eigenvalue weighted by Gasteiger charge is -2.13. The van der Waals surface area contributed by atoms with Gasteiger partial charge in [-0.15, -0.1) is 11.3 Å². The predicted octanol–water partition coefficient (Wildman–Crippen LogP) is 3.26. The number of hydrogen-bond acceptors (Lipinski definition) is 4. The zero-order chi connectivity index (χ0) is 14.1. The SMILES string of the molecule is Cc1csc(CC(N)Cc2cc(Br)cc3c2OCC3)n1. The zero-order valence-electron chi connectivity index (χ0n) is 11.4. The molecule has 106 valence electrons. The van der Waals surface area contributed by atoms with Crippen molar-refractivity contribution in [2.75, 3.05) is 6.61 Å². The van der Waals surface area contributed by atoms with Gasteiger partial charge in [-0.3, -0.25) is 0 Å². The summed E-state index contributed by atoms with van der Waals surface area (Å²) < 4.78 is 6.86. The zero-order valence-corrected chi connectivity index (χ0v) is 13.8. The van der Waals surface area contributed by atoms with Crippen molar-refractivity contribution in [3.8, 4) is 5.75 Å². The van der Waals surface area contributed by atoms with Gasteiger partial charge in [-0.05, 0) is 36.6 Å². The number of thiazole rings is 1. The van der Waals surface area contributed by atoms with Gasteiger partial charge in [0.15, 0.2) is 0 Å². The molecule has 1 aliphatic heterocycles. The van der Waals surface area contributed by atoms with Crippen LogP contribution < -0.4 is 10.5 Å². The maximum atomic E-state index is 6.29. The number of fused-ring (bicyclic) bond motifs is 1. The smallest absolute Gasteiger partial charge is 0.125 e. The molecule has 2 aromatic rings. The highest BCUT2D eigenvalue weighted by atomic mass is 79.9. The second-order valence-electron chi connectivity index (χ2n) is 5.20. The Bertz CT molecular complexity index is 626. The third-order valence-electron chi connectivity index (χ3n) is 3.41. The Kier molecular flexibility index (Phi) is 4.10. The van der Waals surface area contributed by atoms with E-state index < -0.39 is 0 Å². The minimum atomic E-state index is 0.0724. The quantitative estimate of drug-likeness (QED) is 0.918. The van der Waals surface area contributed by atoms with Gasteiger partial charge in [0.2, 0.25) is 0 Å². The molecule has 1 atom stereocenters. The Labute approximate surface area is 131 Å². The van der Waals surface area contributed by atoms with Crippen LogP contribution in [0.15, 0.2) is 22.0 Å². The summed E-state index contributed by atoms with van der Waals surface area (Å²) in [7, 11) is 0. The molecule has 2 heterocycles. The summed E-state index contributed by atoms with van der Waals surface area (Å²) in [6.07, 6.45) is 2.63. The molecule has 1 aliphatic rings. The predicted molar refractivity (Wildman–Crippen MR) is 85.6 cm³/mol. The molecule has 3 rings (SSSR count). The van der Waals surface area contributed by atoms with E-state index in [1.807, 2.05) is 6.92 Å². The number of aromatic nitrogens is 1. The molecule has 0 bridgehead atoms. The Hall–Kier alpha value is -0.910. The van der Waals surface area contributed by atoms with E-state index >= 15 is 0 Å². The molecule has 0 fully saturated rings. The number of nitrogens with zero attached hydrogens (tertiary/aromatic N) is 1. The number of halogens is 1. The molecule has 0 saturated carbocycles. The van der Waals surface area contributed by atoms with Gasteiger partial charge in [0.25, 0.3) is 0 Å². The first-order chi connectivity index (χ1) is 9.61. The maximum Gasteiger partial charge on any atom is 0.125 e. The van der Waals surface area contributed by atoms with Crippen molar-refractivity contribution in [1.82, 2.24) is 4.98 Å². The lowest BCUT2D eigenvalue weighted by atomic mass is 10.0. The number of benzene rings is 1. The van der Waals surface area contributed by atoms with Gasteiger partial charge in [0, 0.05) is 34.4 Å².